The Labute approximate surface area is 144 Å². The number of guanidine groups is 1. The van der Waals surface area contributed by atoms with Crippen LogP contribution in [0.5, 0.6) is 5.75 Å². The van der Waals surface area contributed by atoms with Crippen molar-refractivity contribution in [2.24, 2.45) is 16.6 Å². The van der Waals surface area contributed by atoms with Gasteiger partial charge in [0.15, 0.2) is 5.96 Å². The lowest BCUT2D eigenvalue weighted by atomic mass is 9.96. The number of thioether (sulfide) groups is 1. The van der Waals surface area contributed by atoms with Crippen LogP contribution in [0.1, 0.15) is 39.0 Å². The van der Waals surface area contributed by atoms with Gasteiger partial charge >= 0.3 is 0 Å². The van der Waals surface area contributed by atoms with Crippen molar-refractivity contribution in [1.82, 2.24) is 5.32 Å². The molecule has 0 aromatic heterocycles. The first-order chi connectivity index (χ1) is 11.2. The summed E-state index contributed by atoms with van der Waals surface area (Å²) in [7, 11) is 1.71. The van der Waals surface area contributed by atoms with Crippen molar-refractivity contribution in [3.8, 4) is 5.75 Å². The molecule has 0 spiro atoms. The Balaban J connectivity index is 1.73. The van der Waals surface area contributed by atoms with E-state index in [1.165, 1.54) is 37.0 Å². The van der Waals surface area contributed by atoms with Gasteiger partial charge in [0, 0.05) is 23.2 Å². The van der Waals surface area contributed by atoms with E-state index in [-0.39, 0.29) is 0 Å². The molecule has 1 aromatic rings. The van der Waals surface area contributed by atoms with Crippen LogP contribution < -0.4 is 15.8 Å². The maximum Gasteiger partial charge on any atom is 0.188 e. The lowest BCUT2D eigenvalue weighted by Crippen LogP contribution is -2.41. The fraction of sp³-hybridized carbons (Fsp3) is 0.611. The molecule has 1 aromatic carbocycles. The van der Waals surface area contributed by atoms with E-state index >= 15 is 0 Å². The van der Waals surface area contributed by atoms with Gasteiger partial charge in [-0.15, -0.1) is 11.8 Å². The highest BCUT2D eigenvalue weighted by atomic mass is 32.2. The summed E-state index contributed by atoms with van der Waals surface area (Å²) in [5.74, 6) is 3.01. The molecule has 1 saturated carbocycles. The van der Waals surface area contributed by atoms with E-state index in [0.29, 0.717) is 17.9 Å². The Bertz CT molecular complexity index is 501. The Morgan fingerprint density at radius 1 is 1.35 bits per heavy atom. The normalized spacial score (nSPS) is 17.7. The molecule has 3 N–H and O–H groups in total. The summed E-state index contributed by atoms with van der Waals surface area (Å²) in [5.41, 5.74) is 6.02. The lowest BCUT2D eigenvalue weighted by molar-refractivity contribution is 0.405. The summed E-state index contributed by atoms with van der Waals surface area (Å²) in [4.78, 5) is 5.69. The molecule has 128 valence electrons. The maximum absolute atomic E-state index is 6.02. The van der Waals surface area contributed by atoms with Crippen molar-refractivity contribution in [2.75, 3.05) is 19.4 Å². The average Bonchev–Trinajstić information content (AvgIpc) is 2.59. The largest absolute Gasteiger partial charge is 0.496 e. The van der Waals surface area contributed by atoms with Crippen molar-refractivity contribution in [3.05, 3.63) is 24.3 Å². The fourth-order valence-corrected chi connectivity index (χ4v) is 3.82. The molecule has 5 heteroatoms. The van der Waals surface area contributed by atoms with E-state index in [1.807, 2.05) is 30.0 Å². The zero-order valence-corrected chi connectivity index (χ0v) is 15.1. The zero-order chi connectivity index (χ0) is 16.5. The van der Waals surface area contributed by atoms with Crippen LogP contribution in [0.3, 0.4) is 0 Å². The summed E-state index contributed by atoms with van der Waals surface area (Å²) in [5, 5.41) is 3.37. The predicted molar refractivity (Wildman–Crippen MR) is 99.4 cm³/mol. The first-order valence-electron chi connectivity index (χ1n) is 8.51. The van der Waals surface area contributed by atoms with Gasteiger partial charge in [0.25, 0.3) is 0 Å². The molecule has 1 aliphatic carbocycles. The molecule has 1 fully saturated rings. The number of benzene rings is 1. The SMILES string of the molecule is COc1ccccc1SCC(C)CN=C(N)NC1CCCCC1. The van der Waals surface area contributed by atoms with Crippen molar-refractivity contribution >= 4 is 17.7 Å². The Morgan fingerprint density at radius 2 is 2.09 bits per heavy atom. The zero-order valence-electron chi connectivity index (χ0n) is 14.3. The topological polar surface area (TPSA) is 59.6 Å². The third-order valence-corrected chi connectivity index (χ3v) is 5.51. The van der Waals surface area contributed by atoms with Gasteiger partial charge in [0.1, 0.15) is 5.75 Å². The first-order valence-corrected chi connectivity index (χ1v) is 9.50. The summed E-state index contributed by atoms with van der Waals surface area (Å²) < 4.78 is 5.38. The number of nitrogens with zero attached hydrogens (tertiary/aromatic N) is 1. The minimum Gasteiger partial charge on any atom is -0.496 e. The highest BCUT2D eigenvalue weighted by molar-refractivity contribution is 7.99. The van der Waals surface area contributed by atoms with Crippen LogP contribution in [-0.2, 0) is 0 Å². The number of methoxy groups -OCH3 is 1. The van der Waals surface area contributed by atoms with Gasteiger partial charge in [-0.3, -0.25) is 4.99 Å². The van der Waals surface area contributed by atoms with Crippen LogP contribution in [0.2, 0.25) is 0 Å². The van der Waals surface area contributed by atoms with Crippen LogP contribution in [-0.4, -0.2) is 31.4 Å². The molecule has 23 heavy (non-hydrogen) atoms. The second kappa shape index (κ2) is 9.71. The maximum atomic E-state index is 6.02. The van der Waals surface area contributed by atoms with E-state index in [4.69, 9.17) is 10.5 Å². The van der Waals surface area contributed by atoms with Gasteiger partial charge in [-0.1, -0.05) is 38.3 Å². The molecular weight excluding hydrogens is 306 g/mol. The van der Waals surface area contributed by atoms with Crippen LogP contribution in [0.25, 0.3) is 0 Å². The molecule has 4 nitrogen and oxygen atoms in total. The van der Waals surface area contributed by atoms with Gasteiger partial charge in [-0.05, 0) is 30.9 Å². The van der Waals surface area contributed by atoms with Gasteiger partial charge in [-0.2, -0.15) is 0 Å². The van der Waals surface area contributed by atoms with Crippen LogP contribution in [0.4, 0.5) is 0 Å². The second-order valence-corrected chi connectivity index (χ2v) is 7.33. The standard InChI is InChI=1S/C18H29N3OS/c1-14(13-23-17-11-7-6-10-16(17)22-2)12-20-18(19)21-15-8-4-3-5-9-15/h6-7,10-11,14-15H,3-5,8-9,12-13H2,1-2H3,(H3,19,20,21). The number of nitrogens with two attached hydrogens (primary N) is 1. The number of aliphatic imine (C=N–C) groups is 1. The molecule has 1 aliphatic rings. The van der Waals surface area contributed by atoms with Crippen LogP contribution in [0.15, 0.2) is 34.2 Å². The van der Waals surface area contributed by atoms with E-state index < -0.39 is 0 Å². The van der Waals surface area contributed by atoms with E-state index in [1.54, 1.807) is 7.11 Å². The highest BCUT2D eigenvalue weighted by Crippen LogP contribution is 2.30. The number of ether oxygens (including phenoxy) is 1. The number of rotatable bonds is 7. The minimum atomic E-state index is 0.469. The van der Waals surface area contributed by atoms with Crippen molar-refractivity contribution in [3.63, 3.8) is 0 Å². The molecule has 0 aliphatic heterocycles. The van der Waals surface area contributed by atoms with Crippen molar-refractivity contribution in [2.45, 2.75) is 50.0 Å². The highest BCUT2D eigenvalue weighted by Gasteiger charge is 2.13. The third-order valence-electron chi connectivity index (χ3n) is 4.12. The molecule has 0 saturated heterocycles. The minimum absolute atomic E-state index is 0.469. The lowest BCUT2D eigenvalue weighted by Gasteiger charge is -2.23. The smallest absolute Gasteiger partial charge is 0.188 e. The molecule has 1 atom stereocenters. The quantitative estimate of drug-likeness (QED) is 0.453. The molecule has 0 bridgehead atoms. The number of hydrogen-bond donors (Lipinski definition) is 2. The predicted octanol–water partition coefficient (Wildman–Crippen LogP) is 3.66. The number of hydrogen-bond acceptors (Lipinski definition) is 3. The van der Waals surface area contributed by atoms with E-state index in [0.717, 1.165) is 18.0 Å². The molecule has 0 heterocycles. The fourth-order valence-electron chi connectivity index (χ4n) is 2.78. The monoisotopic (exact) mass is 335 g/mol. The summed E-state index contributed by atoms with van der Waals surface area (Å²) in [6.45, 7) is 2.97. The summed E-state index contributed by atoms with van der Waals surface area (Å²) >= 11 is 1.81. The first kappa shape index (κ1) is 18.0. The van der Waals surface area contributed by atoms with Gasteiger partial charge in [0.2, 0.25) is 0 Å². The molecular formula is C18H29N3OS. The molecule has 0 amide bonds. The van der Waals surface area contributed by atoms with Gasteiger partial charge < -0.3 is 15.8 Å². The molecule has 0 radical (unpaired) electrons. The third kappa shape index (κ3) is 6.34. The van der Waals surface area contributed by atoms with Gasteiger partial charge in [0.05, 0.1) is 7.11 Å². The second-order valence-electron chi connectivity index (χ2n) is 6.27. The number of para-hydroxylation sites is 1. The van der Waals surface area contributed by atoms with Crippen molar-refractivity contribution in [1.29, 1.82) is 0 Å². The average molecular weight is 336 g/mol. The number of nitrogens with one attached hydrogen (secondary N) is 1. The van der Waals surface area contributed by atoms with Crippen molar-refractivity contribution < 1.29 is 4.74 Å². The summed E-state index contributed by atoms with van der Waals surface area (Å²) in [6, 6.07) is 8.65. The Morgan fingerprint density at radius 3 is 2.83 bits per heavy atom. The van der Waals surface area contributed by atoms with Crippen LogP contribution >= 0.6 is 11.8 Å². The Hall–Kier alpha value is -1.36. The van der Waals surface area contributed by atoms with Gasteiger partial charge in [-0.25, -0.2) is 0 Å². The van der Waals surface area contributed by atoms with Crippen LogP contribution in [0, 0.1) is 5.92 Å². The molecule has 1 unspecified atom stereocenters. The Kier molecular flexibility index (Phi) is 7.59. The molecule has 2 rings (SSSR count). The van der Waals surface area contributed by atoms with E-state index in [9.17, 15) is 0 Å². The summed E-state index contributed by atoms with van der Waals surface area (Å²) in [6.07, 6.45) is 6.39. The van der Waals surface area contributed by atoms with E-state index in [2.05, 4.69) is 23.3 Å².